The molecule has 0 saturated carbocycles. The van der Waals surface area contributed by atoms with Crippen LogP contribution in [0.5, 0.6) is 17.2 Å². The van der Waals surface area contributed by atoms with Crippen molar-refractivity contribution >= 4 is 28.9 Å². The summed E-state index contributed by atoms with van der Waals surface area (Å²) >= 11 is 12.2. The molecular formula is C21H17Cl2NO3. The Hall–Kier alpha value is -2.56. The number of anilines is 1. The van der Waals surface area contributed by atoms with E-state index in [4.69, 9.17) is 37.4 Å². The maximum Gasteiger partial charge on any atom is 0.231 e. The number of halogens is 2. The summed E-state index contributed by atoms with van der Waals surface area (Å²) in [6.07, 6.45) is 0. The van der Waals surface area contributed by atoms with Crippen LogP contribution in [0, 0.1) is 0 Å². The van der Waals surface area contributed by atoms with Crippen molar-refractivity contribution in [3.63, 3.8) is 0 Å². The lowest BCUT2D eigenvalue weighted by molar-refractivity contribution is 0.174. The quantitative estimate of drug-likeness (QED) is 0.556. The average Bonchev–Trinajstić information content (AvgIpc) is 3.14. The lowest BCUT2D eigenvalue weighted by Crippen LogP contribution is -2.04. The molecule has 0 saturated heterocycles. The first-order chi connectivity index (χ1) is 13.2. The summed E-state index contributed by atoms with van der Waals surface area (Å²) in [4.78, 5) is 0. The van der Waals surface area contributed by atoms with Crippen LogP contribution < -0.4 is 19.5 Å². The number of para-hydroxylation sites is 1. The van der Waals surface area contributed by atoms with Crippen molar-refractivity contribution in [2.24, 2.45) is 0 Å². The first-order valence-electron chi connectivity index (χ1n) is 8.47. The third-order valence-corrected chi connectivity index (χ3v) is 4.81. The van der Waals surface area contributed by atoms with Crippen molar-refractivity contribution in [3.05, 3.63) is 81.8 Å². The topological polar surface area (TPSA) is 39.7 Å². The second kappa shape index (κ2) is 7.99. The number of benzene rings is 3. The van der Waals surface area contributed by atoms with Gasteiger partial charge in [0.2, 0.25) is 6.79 Å². The summed E-state index contributed by atoms with van der Waals surface area (Å²) in [5, 5.41) is 4.59. The molecule has 3 aromatic carbocycles. The Morgan fingerprint density at radius 2 is 1.74 bits per heavy atom. The number of fused-ring (bicyclic) bond motifs is 1. The van der Waals surface area contributed by atoms with Crippen LogP contribution in [-0.2, 0) is 13.2 Å². The van der Waals surface area contributed by atoms with Gasteiger partial charge in [0.15, 0.2) is 11.5 Å². The van der Waals surface area contributed by atoms with Crippen molar-refractivity contribution in [1.82, 2.24) is 0 Å². The maximum absolute atomic E-state index is 6.22. The highest BCUT2D eigenvalue weighted by Gasteiger charge is 2.13. The minimum absolute atomic E-state index is 0.267. The van der Waals surface area contributed by atoms with Crippen LogP contribution in [0.25, 0.3) is 0 Å². The third-order valence-electron chi connectivity index (χ3n) is 4.23. The van der Waals surface area contributed by atoms with Gasteiger partial charge in [-0.25, -0.2) is 0 Å². The van der Waals surface area contributed by atoms with E-state index >= 15 is 0 Å². The summed E-state index contributed by atoms with van der Waals surface area (Å²) in [7, 11) is 0. The molecule has 27 heavy (non-hydrogen) atoms. The van der Waals surface area contributed by atoms with Crippen molar-refractivity contribution in [1.29, 1.82) is 0 Å². The first kappa shape index (κ1) is 17.8. The summed E-state index contributed by atoms with van der Waals surface area (Å²) in [5.74, 6) is 2.32. The molecule has 3 aromatic rings. The van der Waals surface area contributed by atoms with Gasteiger partial charge in [0.05, 0.1) is 0 Å². The second-order valence-corrected chi connectivity index (χ2v) is 6.90. The van der Waals surface area contributed by atoms with Gasteiger partial charge in [-0.3, -0.25) is 0 Å². The van der Waals surface area contributed by atoms with E-state index in [2.05, 4.69) is 5.32 Å². The molecule has 138 valence electrons. The second-order valence-electron chi connectivity index (χ2n) is 6.05. The molecule has 6 heteroatoms. The zero-order valence-corrected chi connectivity index (χ0v) is 15.9. The van der Waals surface area contributed by atoms with Crippen LogP contribution in [0.15, 0.2) is 60.7 Å². The minimum Gasteiger partial charge on any atom is -0.488 e. The van der Waals surface area contributed by atoms with Crippen molar-refractivity contribution in [2.75, 3.05) is 12.1 Å². The van der Waals surface area contributed by atoms with Crippen LogP contribution in [-0.4, -0.2) is 6.79 Å². The molecule has 4 nitrogen and oxygen atoms in total. The number of rotatable bonds is 6. The normalized spacial score (nSPS) is 12.1. The Bertz CT molecular complexity index is 962. The number of ether oxygens (including phenoxy) is 3. The van der Waals surface area contributed by atoms with Gasteiger partial charge < -0.3 is 19.5 Å². The smallest absolute Gasteiger partial charge is 0.231 e. The van der Waals surface area contributed by atoms with Crippen LogP contribution in [0.1, 0.15) is 11.1 Å². The molecule has 0 spiro atoms. The molecule has 0 fully saturated rings. The van der Waals surface area contributed by atoms with Crippen LogP contribution in [0.4, 0.5) is 5.69 Å². The summed E-state index contributed by atoms with van der Waals surface area (Å²) in [6.45, 7) is 1.25. The fraction of sp³-hybridized carbons (Fsp3) is 0.143. The molecule has 0 aliphatic carbocycles. The van der Waals surface area contributed by atoms with Gasteiger partial charge in [0.25, 0.3) is 0 Å². The Kier molecular flexibility index (Phi) is 5.28. The van der Waals surface area contributed by atoms with Gasteiger partial charge in [0, 0.05) is 39.5 Å². The molecule has 0 atom stereocenters. The SMILES string of the molecule is Clc1ccc(COc2ccccc2CNc2ccc3c(c2)OCO3)c(Cl)c1. The molecule has 1 aliphatic heterocycles. The highest BCUT2D eigenvalue weighted by Crippen LogP contribution is 2.34. The molecule has 0 unspecified atom stereocenters. The van der Waals surface area contributed by atoms with Crippen LogP contribution in [0.2, 0.25) is 10.0 Å². The molecule has 4 rings (SSSR count). The molecule has 0 bridgehead atoms. The predicted molar refractivity (Wildman–Crippen MR) is 107 cm³/mol. The highest BCUT2D eigenvalue weighted by molar-refractivity contribution is 6.35. The van der Waals surface area contributed by atoms with Gasteiger partial charge in [0.1, 0.15) is 12.4 Å². The Labute approximate surface area is 167 Å². The van der Waals surface area contributed by atoms with E-state index in [9.17, 15) is 0 Å². The minimum atomic E-state index is 0.267. The van der Waals surface area contributed by atoms with Crippen LogP contribution >= 0.6 is 23.2 Å². The number of hydrogen-bond donors (Lipinski definition) is 1. The van der Waals surface area contributed by atoms with E-state index in [0.717, 1.165) is 34.1 Å². The van der Waals surface area contributed by atoms with E-state index in [1.54, 1.807) is 12.1 Å². The molecule has 1 N–H and O–H groups in total. The monoisotopic (exact) mass is 401 g/mol. The highest BCUT2D eigenvalue weighted by atomic mass is 35.5. The first-order valence-corrected chi connectivity index (χ1v) is 9.23. The van der Waals surface area contributed by atoms with Crippen molar-refractivity contribution in [2.45, 2.75) is 13.2 Å². The Morgan fingerprint density at radius 1 is 0.889 bits per heavy atom. The van der Waals surface area contributed by atoms with Gasteiger partial charge in [-0.2, -0.15) is 0 Å². The third kappa shape index (κ3) is 4.24. The van der Waals surface area contributed by atoms with Gasteiger partial charge in [-0.05, 0) is 30.3 Å². The lowest BCUT2D eigenvalue weighted by atomic mass is 10.2. The standard InChI is InChI=1S/C21H17Cl2NO3/c22-16-6-5-15(18(23)9-16)12-25-19-4-2-1-3-14(19)11-24-17-7-8-20-21(10-17)27-13-26-20/h1-10,24H,11-13H2. The van der Waals surface area contributed by atoms with Gasteiger partial charge in [-0.15, -0.1) is 0 Å². The van der Waals surface area contributed by atoms with Crippen molar-refractivity contribution < 1.29 is 14.2 Å². The fourth-order valence-electron chi connectivity index (χ4n) is 2.79. The van der Waals surface area contributed by atoms with Gasteiger partial charge in [-0.1, -0.05) is 47.5 Å². The van der Waals surface area contributed by atoms with E-state index in [1.807, 2.05) is 48.5 Å². The van der Waals surface area contributed by atoms with Gasteiger partial charge >= 0.3 is 0 Å². The summed E-state index contributed by atoms with van der Waals surface area (Å²) in [5.41, 5.74) is 2.88. The van der Waals surface area contributed by atoms with E-state index < -0.39 is 0 Å². The molecular weight excluding hydrogens is 385 g/mol. The van der Waals surface area contributed by atoms with E-state index in [0.29, 0.717) is 23.2 Å². The molecule has 1 heterocycles. The van der Waals surface area contributed by atoms with E-state index in [-0.39, 0.29) is 6.79 Å². The number of nitrogens with one attached hydrogen (secondary N) is 1. The lowest BCUT2D eigenvalue weighted by Gasteiger charge is -2.14. The zero-order chi connectivity index (χ0) is 18.6. The predicted octanol–water partition coefficient (Wildman–Crippen LogP) is 5.91. The maximum atomic E-state index is 6.22. The average molecular weight is 402 g/mol. The Balaban J connectivity index is 1.43. The fourth-order valence-corrected chi connectivity index (χ4v) is 3.25. The summed E-state index contributed by atoms with van der Waals surface area (Å²) < 4.78 is 16.7. The Morgan fingerprint density at radius 3 is 2.63 bits per heavy atom. The number of hydrogen-bond acceptors (Lipinski definition) is 4. The molecule has 0 amide bonds. The molecule has 0 aromatic heterocycles. The van der Waals surface area contributed by atoms with Crippen molar-refractivity contribution in [3.8, 4) is 17.2 Å². The van der Waals surface area contributed by atoms with E-state index in [1.165, 1.54) is 0 Å². The largest absolute Gasteiger partial charge is 0.488 e. The zero-order valence-electron chi connectivity index (χ0n) is 14.4. The molecule has 1 aliphatic rings. The van der Waals surface area contributed by atoms with Crippen LogP contribution in [0.3, 0.4) is 0 Å². The summed E-state index contributed by atoms with van der Waals surface area (Å²) in [6, 6.07) is 19.1. The molecule has 0 radical (unpaired) electrons.